The van der Waals surface area contributed by atoms with Gasteiger partial charge in [0.15, 0.2) is 5.82 Å². The first-order valence-corrected chi connectivity index (χ1v) is 6.37. The number of rotatable bonds is 5. The van der Waals surface area contributed by atoms with Crippen LogP contribution in [0.25, 0.3) is 0 Å². The molecule has 1 saturated carbocycles. The second-order valence-electron chi connectivity index (χ2n) is 4.69. The second kappa shape index (κ2) is 5.43. The number of nitrogens with zero attached hydrogens (tertiary/aromatic N) is 2. The van der Waals surface area contributed by atoms with Gasteiger partial charge in [-0.25, -0.2) is 0 Å². The number of unbranched alkanes of at least 4 members (excludes halogenated alkanes) is 1. The molecule has 0 aliphatic heterocycles. The average molecular weight is 223 g/mol. The van der Waals surface area contributed by atoms with E-state index in [9.17, 15) is 0 Å². The normalized spacial score (nSPS) is 25.1. The van der Waals surface area contributed by atoms with Crippen LogP contribution in [0.15, 0.2) is 4.52 Å². The summed E-state index contributed by atoms with van der Waals surface area (Å²) < 4.78 is 5.36. The standard InChI is InChI=1S/C12H21N3O/c1-2-3-7-11-14-12(16-15-11)10-6-4-5-9(10)8-13/h9-10H,2-8,13H2,1H3. The first-order chi connectivity index (χ1) is 7.85. The van der Waals surface area contributed by atoms with E-state index >= 15 is 0 Å². The molecule has 0 saturated heterocycles. The van der Waals surface area contributed by atoms with Crippen LogP contribution in [0.5, 0.6) is 0 Å². The van der Waals surface area contributed by atoms with Crippen molar-refractivity contribution in [3.8, 4) is 0 Å². The van der Waals surface area contributed by atoms with Crippen LogP contribution in [0, 0.1) is 5.92 Å². The first kappa shape index (κ1) is 11.6. The molecule has 1 fully saturated rings. The molecule has 4 nitrogen and oxygen atoms in total. The minimum absolute atomic E-state index is 0.410. The molecule has 1 heterocycles. The van der Waals surface area contributed by atoms with Crippen molar-refractivity contribution < 1.29 is 4.52 Å². The smallest absolute Gasteiger partial charge is 0.230 e. The molecule has 4 heteroatoms. The van der Waals surface area contributed by atoms with Gasteiger partial charge in [-0.2, -0.15) is 4.98 Å². The van der Waals surface area contributed by atoms with Crippen molar-refractivity contribution in [1.82, 2.24) is 10.1 Å². The van der Waals surface area contributed by atoms with Crippen LogP contribution in [-0.4, -0.2) is 16.7 Å². The summed E-state index contributed by atoms with van der Waals surface area (Å²) in [6, 6.07) is 0. The fourth-order valence-corrected chi connectivity index (χ4v) is 2.50. The Morgan fingerprint density at radius 2 is 2.31 bits per heavy atom. The van der Waals surface area contributed by atoms with Crippen LogP contribution in [0.1, 0.15) is 56.7 Å². The lowest BCUT2D eigenvalue weighted by Crippen LogP contribution is -2.17. The highest BCUT2D eigenvalue weighted by molar-refractivity contribution is 5.00. The van der Waals surface area contributed by atoms with Crippen LogP contribution in [0.3, 0.4) is 0 Å². The van der Waals surface area contributed by atoms with Crippen molar-refractivity contribution in [2.45, 2.75) is 51.4 Å². The fourth-order valence-electron chi connectivity index (χ4n) is 2.50. The molecule has 2 rings (SSSR count). The topological polar surface area (TPSA) is 64.9 Å². The molecule has 2 unspecified atom stereocenters. The zero-order chi connectivity index (χ0) is 11.4. The summed E-state index contributed by atoms with van der Waals surface area (Å²) in [6.45, 7) is 2.90. The fraction of sp³-hybridized carbons (Fsp3) is 0.833. The maximum absolute atomic E-state index is 5.76. The van der Waals surface area contributed by atoms with Crippen LogP contribution >= 0.6 is 0 Å². The molecule has 0 radical (unpaired) electrons. The zero-order valence-electron chi connectivity index (χ0n) is 9.98. The summed E-state index contributed by atoms with van der Waals surface area (Å²) in [5, 5.41) is 4.04. The molecule has 0 spiro atoms. The second-order valence-corrected chi connectivity index (χ2v) is 4.69. The molecule has 90 valence electrons. The highest BCUT2D eigenvalue weighted by atomic mass is 16.5. The third-order valence-electron chi connectivity index (χ3n) is 3.52. The summed E-state index contributed by atoms with van der Waals surface area (Å²) in [6.07, 6.45) is 6.81. The lowest BCUT2D eigenvalue weighted by molar-refractivity contribution is 0.323. The lowest BCUT2D eigenvalue weighted by atomic mass is 9.96. The lowest BCUT2D eigenvalue weighted by Gasteiger charge is -2.12. The van der Waals surface area contributed by atoms with Gasteiger partial charge in [0, 0.05) is 12.3 Å². The summed E-state index contributed by atoms with van der Waals surface area (Å²) >= 11 is 0. The highest BCUT2D eigenvalue weighted by Crippen LogP contribution is 2.38. The Bertz CT molecular complexity index is 324. The van der Waals surface area contributed by atoms with Crippen LogP contribution < -0.4 is 5.73 Å². The third-order valence-corrected chi connectivity index (χ3v) is 3.52. The Labute approximate surface area is 96.6 Å². The molecule has 2 atom stereocenters. The van der Waals surface area contributed by atoms with E-state index in [1.54, 1.807) is 0 Å². The van der Waals surface area contributed by atoms with Gasteiger partial charge in [-0.1, -0.05) is 24.9 Å². The first-order valence-electron chi connectivity index (χ1n) is 6.37. The van der Waals surface area contributed by atoms with E-state index in [1.165, 1.54) is 19.3 Å². The van der Waals surface area contributed by atoms with Crippen molar-refractivity contribution in [3.05, 3.63) is 11.7 Å². The molecule has 1 aliphatic carbocycles. The largest absolute Gasteiger partial charge is 0.339 e. The zero-order valence-corrected chi connectivity index (χ0v) is 9.98. The Hall–Kier alpha value is -0.900. The predicted molar refractivity (Wildman–Crippen MR) is 62.0 cm³/mol. The van der Waals surface area contributed by atoms with Gasteiger partial charge in [0.1, 0.15) is 0 Å². The van der Waals surface area contributed by atoms with E-state index in [1.807, 2.05) is 0 Å². The van der Waals surface area contributed by atoms with Crippen molar-refractivity contribution in [3.63, 3.8) is 0 Å². The minimum atomic E-state index is 0.410. The SMILES string of the molecule is CCCCc1noc(C2CCCC2CN)n1. The molecule has 2 N–H and O–H groups in total. The van der Waals surface area contributed by atoms with Gasteiger partial charge in [0.25, 0.3) is 0 Å². The van der Waals surface area contributed by atoms with E-state index in [-0.39, 0.29) is 0 Å². The molecule has 0 aromatic carbocycles. The van der Waals surface area contributed by atoms with Crippen LogP contribution in [0.4, 0.5) is 0 Å². The predicted octanol–water partition coefficient (Wildman–Crippen LogP) is 2.25. The van der Waals surface area contributed by atoms with E-state index in [4.69, 9.17) is 10.3 Å². The van der Waals surface area contributed by atoms with Gasteiger partial charge in [0.05, 0.1) is 0 Å². The van der Waals surface area contributed by atoms with Gasteiger partial charge in [-0.15, -0.1) is 0 Å². The molecule has 16 heavy (non-hydrogen) atoms. The maximum atomic E-state index is 5.76. The van der Waals surface area contributed by atoms with Crippen LogP contribution in [0.2, 0.25) is 0 Å². The highest BCUT2D eigenvalue weighted by Gasteiger charge is 2.31. The molecular formula is C12H21N3O. The number of aryl methyl sites for hydroxylation is 1. The van der Waals surface area contributed by atoms with Crippen molar-refractivity contribution in [2.24, 2.45) is 11.7 Å². The van der Waals surface area contributed by atoms with Crippen molar-refractivity contribution >= 4 is 0 Å². The third kappa shape index (κ3) is 2.43. The Morgan fingerprint density at radius 3 is 3.06 bits per heavy atom. The number of nitrogens with two attached hydrogens (primary N) is 1. The Balaban J connectivity index is 2.00. The van der Waals surface area contributed by atoms with E-state index in [2.05, 4.69) is 17.1 Å². The summed E-state index contributed by atoms with van der Waals surface area (Å²) in [5.74, 6) is 2.63. The van der Waals surface area contributed by atoms with Gasteiger partial charge >= 0.3 is 0 Å². The number of hydrogen-bond acceptors (Lipinski definition) is 4. The molecule has 0 bridgehead atoms. The maximum Gasteiger partial charge on any atom is 0.230 e. The minimum Gasteiger partial charge on any atom is -0.339 e. The molecule has 0 amide bonds. The summed E-state index contributed by atoms with van der Waals surface area (Å²) in [4.78, 5) is 4.49. The molecule has 1 aliphatic rings. The van der Waals surface area contributed by atoms with Gasteiger partial charge in [-0.05, 0) is 31.7 Å². The van der Waals surface area contributed by atoms with E-state index in [0.29, 0.717) is 11.8 Å². The van der Waals surface area contributed by atoms with Gasteiger partial charge in [0.2, 0.25) is 5.89 Å². The quantitative estimate of drug-likeness (QED) is 0.831. The molecule has 1 aromatic rings. The van der Waals surface area contributed by atoms with Crippen molar-refractivity contribution in [2.75, 3.05) is 6.54 Å². The van der Waals surface area contributed by atoms with E-state index in [0.717, 1.165) is 37.5 Å². The summed E-state index contributed by atoms with van der Waals surface area (Å²) in [7, 11) is 0. The van der Waals surface area contributed by atoms with E-state index < -0.39 is 0 Å². The van der Waals surface area contributed by atoms with Crippen molar-refractivity contribution in [1.29, 1.82) is 0 Å². The average Bonchev–Trinajstić information content (AvgIpc) is 2.94. The molecular weight excluding hydrogens is 202 g/mol. The van der Waals surface area contributed by atoms with Crippen LogP contribution in [-0.2, 0) is 6.42 Å². The number of hydrogen-bond donors (Lipinski definition) is 1. The van der Waals surface area contributed by atoms with Gasteiger partial charge in [-0.3, -0.25) is 0 Å². The van der Waals surface area contributed by atoms with Gasteiger partial charge < -0.3 is 10.3 Å². The Kier molecular flexibility index (Phi) is 3.93. The number of aromatic nitrogens is 2. The summed E-state index contributed by atoms with van der Waals surface area (Å²) in [5.41, 5.74) is 5.76. The molecule has 1 aromatic heterocycles. The Morgan fingerprint density at radius 1 is 1.44 bits per heavy atom. The monoisotopic (exact) mass is 223 g/mol.